The number of anilines is 1. The molecule has 1 aromatic heterocycles. The van der Waals surface area contributed by atoms with E-state index in [0.29, 0.717) is 12.4 Å². The third kappa shape index (κ3) is 4.03. The van der Waals surface area contributed by atoms with Crippen LogP contribution in [-0.2, 0) is 6.42 Å². The molecule has 5 nitrogen and oxygen atoms in total. The van der Waals surface area contributed by atoms with Gasteiger partial charge in [0, 0.05) is 11.0 Å². The van der Waals surface area contributed by atoms with Crippen molar-refractivity contribution in [2.75, 3.05) is 11.9 Å². The van der Waals surface area contributed by atoms with E-state index in [-0.39, 0.29) is 5.69 Å². The van der Waals surface area contributed by atoms with E-state index in [0.717, 1.165) is 10.9 Å². The molecule has 0 atom stereocenters. The average Bonchev–Trinajstić information content (AvgIpc) is 2.39. The van der Waals surface area contributed by atoms with Crippen LogP contribution < -0.4 is 5.32 Å². The summed E-state index contributed by atoms with van der Waals surface area (Å²) in [6.45, 7) is 0.661. The number of carbonyl (C=O) groups is 1. The summed E-state index contributed by atoms with van der Waals surface area (Å²) in [5, 5.41) is 11.9. The summed E-state index contributed by atoms with van der Waals surface area (Å²) in [7, 11) is 0. The number of aromatic nitrogens is 2. The van der Waals surface area contributed by atoms with E-state index in [9.17, 15) is 4.79 Å². The lowest BCUT2D eigenvalue weighted by molar-refractivity contribution is 0.0690. The Hall–Kier alpha value is -1.95. The van der Waals surface area contributed by atoms with Crippen molar-refractivity contribution in [2.45, 2.75) is 6.42 Å². The summed E-state index contributed by atoms with van der Waals surface area (Å²) in [5.74, 6) is -0.613. The first-order valence-electron chi connectivity index (χ1n) is 5.69. The van der Waals surface area contributed by atoms with Crippen LogP contribution in [-0.4, -0.2) is 27.6 Å². The number of aromatic carboxylic acids is 1. The summed E-state index contributed by atoms with van der Waals surface area (Å²) < 4.78 is 1.04. The molecule has 0 radical (unpaired) electrons. The van der Waals surface area contributed by atoms with E-state index in [2.05, 4.69) is 31.2 Å². The van der Waals surface area contributed by atoms with Crippen molar-refractivity contribution in [1.82, 2.24) is 9.97 Å². The quantitative estimate of drug-likeness (QED) is 0.885. The largest absolute Gasteiger partial charge is 0.476 e. The Labute approximate surface area is 118 Å². The third-order valence-electron chi connectivity index (χ3n) is 2.46. The van der Waals surface area contributed by atoms with E-state index in [1.807, 2.05) is 24.3 Å². The number of halogens is 1. The molecule has 1 heterocycles. The fraction of sp³-hybridized carbons (Fsp3) is 0.154. The maximum Gasteiger partial charge on any atom is 0.356 e. The molecule has 0 spiro atoms. The van der Waals surface area contributed by atoms with Crippen LogP contribution in [0.5, 0.6) is 0 Å². The SMILES string of the molecule is O=C(O)c1cncc(NCCc2cccc(Br)c2)n1. The maximum atomic E-state index is 10.8. The molecule has 1 aromatic carbocycles. The van der Waals surface area contributed by atoms with Gasteiger partial charge in [-0.05, 0) is 24.1 Å². The lowest BCUT2D eigenvalue weighted by Crippen LogP contribution is -2.09. The van der Waals surface area contributed by atoms with Crippen LogP contribution in [0.3, 0.4) is 0 Å². The number of hydrogen-bond acceptors (Lipinski definition) is 4. The van der Waals surface area contributed by atoms with Gasteiger partial charge in [0.2, 0.25) is 0 Å². The van der Waals surface area contributed by atoms with Gasteiger partial charge in [-0.25, -0.2) is 9.78 Å². The second-order valence-corrected chi connectivity index (χ2v) is 4.82. The van der Waals surface area contributed by atoms with Gasteiger partial charge >= 0.3 is 5.97 Å². The van der Waals surface area contributed by atoms with Gasteiger partial charge in [0.05, 0.1) is 12.4 Å². The Kier molecular flexibility index (Phi) is 4.46. The molecule has 0 saturated carbocycles. The summed E-state index contributed by atoms with van der Waals surface area (Å²) in [6, 6.07) is 8.02. The molecular formula is C13H12BrN3O2. The molecule has 0 fully saturated rings. The van der Waals surface area contributed by atoms with Crippen LogP contribution in [0, 0.1) is 0 Å². The molecule has 0 aliphatic rings. The van der Waals surface area contributed by atoms with Crippen LogP contribution in [0.1, 0.15) is 16.1 Å². The van der Waals surface area contributed by atoms with Crippen LogP contribution in [0.25, 0.3) is 0 Å². The summed E-state index contributed by atoms with van der Waals surface area (Å²) in [6.07, 6.45) is 3.55. The first kappa shape index (κ1) is 13.5. The van der Waals surface area contributed by atoms with Crippen molar-refractivity contribution in [2.24, 2.45) is 0 Å². The van der Waals surface area contributed by atoms with Crippen LogP contribution in [0.2, 0.25) is 0 Å². The number of rotatable bonds is 5. The van der Waals surface area contributed by atoms with Gasteiger partial charge in [-0.15, -0.1) is 0 Å². The second kappa shape index (κ2) is 6.29. The minimum absolute atomic E-state index is 0.0625. The number of carboxylic acids is 1. The summed E-state index contributed by atoms with van der Waals surface area (Å²) >= 11 is 3.42. The molecule has 2 aromatic rings. The molecular weight excluding hydrogens is 310 g/mol. The monoisotopic (exact) mass is 321 g/mol. The zero-order valence-electron chi connectivity index (χ0n) is 10.0. The van der Waals surface area contributed by atoms with Crippen molar-refractivity contribution >= 4 is 27.7 Å². The third-order valence-corrected chi connectivity index (χ3v) is 2.96. The number of benzene rings is 1. The van der Waals surface area contributed by atoms with Gasteiger partial charge in [-0.3, -0.25) is 4.98 Å². The first-order valence-corrected chi connectivity index (χ1v) is 6.48. The summed E-state index contributed by atoms with van der Waals surface area (Å²) in [5.41, 5.74) is 1.12. The normalized spacial score (nSPS) is 10.2. The molecule has 0 unspecified atom stereocenters. The molecule has 98 valence electrons. The van der Waals surface area contributed by atoms with E-state index in [1.165, 1.54) is 18.0 Å². The van der Waals surface area contributed by atoms with E-state index in [1.54, 1.807) is 0 Å². The molecule has 19 heavy (non-hydrogen) atoms. The zero-order valence-corrected chi connectivity index (χ0v) is 11.6. The predicted octanol–water partition coefficient (Wildman–Crippen LogP) is 2.59. The van der Waals surface area contributed by atoms with Gasteiger partial charge in [-0.2, -0.15) is 0 Å². The highest BCUT2D eigenvalue weighted by Crippen LogP contribution is 2.12. The van der Waals surface area contributed by atoms with Gasteiger partial charge in [-0.1, -0.05) is 28.1 Å². The Morgan fingerprint density at radius 2 is 2.21 bits per heavy atom. The molecule has 0 aliphatic carbocycles. The smallest absolute Gasteiger partial charge is 0.356 e. The van der Waals surface area contributed by atoms with Gasteiger partial charge in [0.25, 0.3) is 0 Å². The molecule has 0 saturated heterocycles. The summed E-state index contributed by atoms with van der Waals surface area (Å²) in [4.78, 5) is 18.5. The second-order valence-electron chi connectivity index (χ2n) is 3.90. The van der Waals surface area contributed by atoms with Gasteiger partial charge < -0.3 is 10.4 Å². The van der Waals surface area contributed by atoms with Crippen molar-refractivity contribution in [3.05, 3.63) is 52.4 Å². The van der Waals surface area contributed by atoms with Crippen LogP contribution >= 0.6 is 15.9 Å². The Morgan fingerprint density at radius 1 is 1.37 bits per heavy atom. The molecule has 0 amide bonds. The molecule has 2 rings (SSSR count). The minimum atomic E-state index is -1.08. The van der Waals surface area contributed by atoms with E-state index < -0.39 is 5.97 Å². The number of nitrogens with zero attached hydrogens (tertiary/aromatic N) is 2. The van der Waals surface area contributed by atoms with Crippen molar-refractivity contribution in [3.8, 4) is 0 Å². The minimum Gasteiger partial charge on any atom is -0.476 e. The highest BCUT2D eigenvalue weighted by Gasteiger charge is 2.05. The fourth-order valence-electron chi connectivity index (χ4n) is 1.58. The number of nitrogens with one attached hydrogen (secondary N) is 1. The Morgan fingerprint density at radius 3 is 2.95 bits per heavy atom. The van der Waals surface area contributed by atoms with Crippen LogP contribution in [0.4, 0.5) is 5.82 Å². The standard InChI is InChI=1S/C13H12BrN3O2/c14-10-3-1-2-9(6-10)4-5-16-12-8-15-7-11(17-12)13(18)19/h1-3,6-8H,4-5H2,(H,16,17)(H,18,19). The van der Waals surface area contributed by atoms with Crippen LogP contribution in [0.15, 0.2) is 41.1 Å². The lowest BCUT2D eigenvalue weighted by atomic mass is 10.1. The van der Waals surface area contributed by atoms with Crippen molar-refractivity contribution in [3.63, 3.8) is 0 Å². The topological polar surface area (TPSA) is 75.1 Å². The number of carboxylic acid groups (broad SMARTS) is 1. The van der Waals surface area contributed by atoms with Crippen molar-refractivity contribution in [1.29, 1.82) is 0 Å². The van der Waals surface area contributed by atoms with Crippen molar-refractivity contribution < 1.29 is 9.90 Å². The van der Waals surface area contributed by atoms with Gasteiger partial charge in [0.15, 0.2) is 5.69 Å². The molecule has 6 heteroatoms. The maximum absolute atomic E-state index is 10.8. The first-order chi connectivity index (χ1) is 9.15. The average molecular weight is 322 g/mol. The lowest BCUT2D eigenvalue weighted by Gasteiger charge is -2.06. The highest BCUT2D eigenvalue weighted by atomic mass is 79.9. The zero-order chi connectivity index (χ0) is 13.7. The molecule has 0 aliphatic heterocycles. The Bertz CT molecular complexity index is 590. The van der Waals surface area contributed by atoms with Gasteiger partial charge in [0.1, 0.15) is 5.82 Å². The van der Waals surface area contributed by atoms with E-state index >= 15 is 0 Å². The predicted molar refractivity (Wildman–Crippen MR) is 75.3 cm³/mol. The number of hydrogen-bond donors (Lipinski definition) is 2. The molecule has 2 N–H and O–H groups in total. The molecule has 0 bridgehead atoms. The highest BCUT2D eigenvalue weighted by molar-refractivity contribution is 9.10. The Balaban J connectivity index is 1.92. The fourth-order valence-corrected chi connectivity index (χ4v) is 2.03. The van der Waals surface area contributed by atoms with E-state index in [4.69, 9.17) is 5.11 Å².